The zero-order chi connectivity index (χ0) is 18.1. The minimum atomic E-state index is -1.11. The summed E-state index contributed by atoms with van der Waals surface area (Å²) in [6, 6.07) is 7.59. The number of nitrogens with zero attached hydrogens (tertiary/aromatic N) is 1. The van der Waals surface area contributed by atoms with Crippen molar-refractivity contribution in [3.8, 4) is 0 Å². The van der Waals surface area contributed by atoms with E-state index in [1.807, 2.05) is 24.3 Å². The Morgan fingerprint density at radius 3 is 2.40 bits per heavy atom. The van der Waals surface area contributed by atoms with Gasteiger partial charge in [0.2, 0.25) is 5.69 Å². The van der Waals surface area contributed by atoms with Crippen molar-refractivity contribution >= 4 is 44.3 Å². The Hall–Kier alpha value is -2.41. The molecule has 1 heterocycles. The van der Waals surface area contributed by atoms with E-state index in [1.165, 1.54) is 11.7 Å². The maximum absolute atomic E-state index is 12.5. The first kappa shape index (κ1) is 17.4. The van der Waals surface area contributed by atoms with Crippen LogP contribution >= 0.6 is 15.9 Å². The lowest BCUT2D eigenvalue weighted by Crippen LogP contribution is -2.44. The maximum atomic E-state index is 12.5. The van der Waals surface area contributed by atoms with Crippen molar-refractivity contribution in [1.82, 2.24) is 0 Å². The Morgan fingerprint density at radius 2 is 1.80 bits per heavy atom. The van der Waals surface area contributed by atoms with Gasteiger partial charge in [-0.2, -0.15) is 4.57 Å². The predicted molar refractivity (Wildman–Crippen MR) is 91.1 cm³/mol. The number of carbonyl (C=O) groups excluding carboxylic acids is 2. The summed E-state index contributed by atoms with van der Waals surface area (Å²) in [6.07, 6.45) is 3.57. The van der Waals surface area contributed by atoms with Crippen LogP contribution < -0.4 is 9.67 Å². The minimum Gasteiger partial charge on any atom is -0.863 e. The van der Waals surface area contributed by atoms with Gasteiger partial charge >= 0.3 is 11.9 Å². The highest BCUT2D eigenvalue weighted by atomic mass is 79.9. The molecule has 1 aliphatic carbocycles. The molecular weight excluding hydrogens is 390 g/mol. The molecule has 2 aromatic rings. The zero-order valence-electron chi connectivity index (χ0n) is 13.7. The number of carbonyl (C=O) groups is 2. The monoisotopic (exact) mass is 405 g/mol. The fourth-order valence-electron chi connectivity index (χ4n) is 2.77. The van der Waals surface area contributed by atoms with Gasteiger partial charge in [0.25, 0.3) is 5.70 Å². The molecule has 0 unspecified atom stereocenters. The summed E-state index contributed by atoms with van der Waals surface area (Å²) in [5.41, 5.74) is 0.402. The van der Waals surface area contributed by atoms with Crippen LogP contribution in [0.3, 0.4) is 0 Å². The van der Waals surface area contributed by atoms with Crippen molar-refractivity contribution in [2.24, 2.45) is 0 Å². The molecule has 3 rings (SSSR count). The van der Waals surface area contributed by atoms with Gasteiger partial charge in [-0.25, -0.2) is 9.59 Å². The standard InChI is InChI=1S/C18H16BrNO5/c1-24-17(22)15(16(21)18(23)25-2)20-9-11-5-3-4-6-12(11)13(19)14(20)10-7-8-10/h3-6,9-10H,7-8H2,1-2H3. The summed E-state index contributed by atoms with van der Waals surface area (Å²) in [6.45, 7) is 0. The number of pyridine rings is 1. The second-order valence-electron chi connectivity index (χ2n) is 5.72. The average molecular weight is 406 g/mol. The number of hydrogen-bond acceptors (Lipinski definition) is 5. The van der Waals surface area contributed by atoms with Crippen LogP contribution in [0.4, 0.5) is 0 Å². The zero-order valence-corrected chi connectivity index (χ0v) is 15.3. The number of methoxy groups -OCH3 is 2. The Bertz CT molecular complexity index is 902. The third-order valence-electron chi connectivity index (χ3n) is 4.12. The van der Waals surface area contributed by atoms with Crippen LogP contribution in [0.1, 0.15) is 24.5 Å². The molecule has 7 heteroatoms. The molecule has 25 heavy (non-hydrogen) atoms. The lowest BCUT2D eigenvalue weighted by atomic mass is 10.1. The van der Waals surface area contributed by atoms with Crippen molar-refractivity contribution in [3.05, 3.63) is 46.4 Å². The number of ether oxygens (including phenoxy) is 2. The van der Waals surface area contributed by atoms with Gasteiger partial charge in [0.15, 0.2) is 6.20 Å². The van der Waals surface area contributed by atoms with E-state index in [0.29, 0.717) is 0 Å². The summed E-state index contributed by atoms with van der Waals surface area (Å²) in [5, 5.41) is 14.3. The van der Waals surface area contributed by atoms with Crippen LogP contribution in [0, 0.1) is 0 Å². The Morgan fingerprint density at radius 1 is 1.16 bits per heavy atom. The van der Waals surface area contributed by atoms with Gasteiger partial charge in [-0.1, -0.05) is 18.2 Å². The van der Waals surface area contributed by atoms with Gasteiger partial charge in [0.05, 0.1) is 24.5 Å². The quantitative estimate of drug-likeness (QED) is 0.334. The second kappa shape index (κ2) is 6.84. The van der Waals surface area contributed by atoms with E-state index in [0.717, 1.165) is 40.9 Å². The third kappa shape index (κ3) is 3.11. The van der Waals surface area contributed by atoms with Crippen molar-refractivity contribution in [2.45, 2.75) is 18.8 Å². The van der Waals surface area contributed by atoms with Crippen molar-refractivity contribution < 1.29 is 28.7 Å². The van der Waals surface area contributed by atoms with E-state index in [9.17, 15) is 14.7 Å². The summed E-state index contributed by atoms with van der Waals surface area (Å²) >= 11 is 3.60. The van der Waals surface area contributed by atoms with E-state index < -0.39 is 17.7 Å². The Labute approximate surface area is 152 Å². The molecule has 6 nitrogen and oxygen atoms in total. The molecule has 1 aliphatic rings. The maximum Gasteiger partial charge on any atom is 0.403 e. The van der Waals surface area contributed by atoms with E-state index in [1.54, 1.807) is 6.20 Å². The molecule has 0 aliphatic heterocycles. The molecule has 1 aromatic carbocycles. The van der Waals surface area contributed by atoms with Gasteiger partial charge < -0.3 is 14.6 Å². The van der Waals surface area contributed by atoms with Gasteiger partial charge in [-0.15, -0.1) is 0 Å². The van der Waals surface area contributed by atoms with Gasteiger partial charge in [0.1, 0.15) is 0 Å². The van der Waals surface area contributed by atoms with Gasteiger partial charge in [-0.3, -0.25) is 0 Å². The van der Waals surface area contributed by atoms with Crippen molar-refractivity contribution in [1.29, 1.82) is 0 Å². The van der Waals surface area contributed by atoms with E-state index in [2.05, 4.69) is 20.7 Å². The lowest BCUT2D eigenvalue weighted by molar-refractivity contribution is -0.591. The average Bonchev–Trinajstić information content (AvgIpc) is 3.46. The molecule has 0 amide bonds. The van der Waals surface area contributed by atoms with Gasteiger partial charge in [0, 0.05) is 16.7 Å². The smallest absolute Gasteiger partial charge is 0.403 e. The number of aromatic nitrogens is 1. The number of halogens is 1. The molecule has 0 radical (unpaired) electrons. The Balaban J connectivity index is 2.36. The summed E-state index contributed by atoms with van der Waals surface area (Å²) < 4.78 is 11.5. The molecule has 130 valence electrons. The molecule has 0 saturated heterocycles. The predicted octanol–water partition coefficient (Wildman–Crippen LogP) is 1.64. The summed E-state index contributed by atoms with van der Waals surface area (Å²) in [4.78, 5) is 24.1. The molecule has 0 atom stereocenters. The number of esters is 2. The number of hydrogen-bond donors (Lipinski definition) is 0. The highest BCUT2D eigenvalue weighted by molar-refractivity contribution is 9.10. The summed E-state index contributed by atoms with van der Waals surface area (Å²) in [5.74, 6) is -2.84. The van der Waals surface area contributed by atoms with Crippen LogP contribution in [-0.4, -0.2) is 26.2 Å². The third-order valence-corrected chi connectivity index (χ3v) is 4.95. The minimum absolute atomic E-state index is 0.198. The first-order chi connectivity index (χ1) is 12.0. The van der Waals surface area contributed by atoms with E-state index >= 15 is 0 Å². The van der Waals surface area contributed by atoms with Gasteiger partial charge in [-0.05, 0) is 34.8 Å². The summed E-state index contributed by atoms with van der Waals surface area (Å²) in [7, 11) is 2.26. The van der Waals surface area contributed by atoms with Crippen molar-refractivity contribution in [3.63, 3.8) is 0 Å². The number of fused-ring (bicyclic) bond motifs is 1. The molecule has 0 N–H and O–H groups in total. The molecule has 1 fully saturated rings. The largest absolute Gasteiger partial charge is 0.863 e. The lowest BCUT2D eigenvalue weighted by Gasteiger charge is -2.14. The van der Waals surface area contributed by atoms with Crippen LogP contribution in [0.25, 0.3) is 16.5 Å². The topological polar surface area (TPSA) is 79.5 Å². The van der Waals surface area contributed by atoms with Crippen LogP contribution in [0.2, 0.25) is 0 Å². The van der Waals surface area contributed by atoms with E-state index in [4.69, 9.17) is 4.74 Å². The highest BCUT2D eigenvalue weighted by Crippen LogP contribution is 2.43. The Kier molecular flexibility index (Phi) is 4.76. The van der Waals surface area contributed by atoms with Crippen LogP contribution in [0.15, 0.2) is 40.7 Å². The van der Waals surface area contributed by atoms with Crippen LogP contribution in [-0.2, 0) is 19.1 Å². The van der Waals surface area contributed by atoms with E-state index in [-0.39, 0.29) is 11.6 Å². The van der Waals surface area contributed by atoms with Crippen LogP contribution in [0.5, 0.6) is 0 Å². The molecular formula is C18H16BrNO5. The first-order valence-electron chi connectivity index (χ1n) is 7.70. The number of rotatable bonds is 4. The van der Waals surface area contributed by atoms with Crippen molar-refractivity contribution in [2.75, 3.05) is 14.2 Å². The second-order valence-corrected chi connectivity index (χ2v) is 6.51. The molecule has 0 bridgehead atoms. The molecule has 1 saturated carbocycles. The molecule has 1 aromatic heterocycles. The fourth-order valence-corrected chi connectivity index (χ4v) is 3.64. The first-order valence-corrected chi connectivity index (χ1v) is 8.50. The highest BCUT2D eigenvalue weighted by Gasteiger charge is 2.39. The SMILES string of the molecule is COC(=O)/C([O-])=C(\C(=O)OC)[n+]1cc2ccccc2c(Br)c1C1CC1. The fraction of sp³-hybridized carbons (Fsp3) is 0.278. The molecule has 0 spiro atoms. The number of benzene rings is 1. The normalized spacial score (nSPS) is 14.8.